The zero-order valence-electron chi connectivity index (χ0n) is 9.45. The number of amides is 1. The molecule has 0 fully saturated rings. The number of carbonyl (C=O) groups excluding carboxylic acids is 1. The normalized spacial score (nSPS) is 11.5. The molecule has 84 valence electrons. The van der Waals surface area contributed by atoms with Gasteiger partial charge in [0.25, 0.3) is 0 Å². The molecular weight excluding hydrogens is 192 g/mol. The minimum Gasteiger partial charge on any atom is -0.355 e. The van der Waals surface area contributed by atoms with Crippen molar-refractivity contribution in [2.45, 2.75) is 32.9 Å². The monoisotopic (exact) mass is 210 g/mol. The SMILES string of the molecule is CC(=O)NCCn1cncc1C(C)(C)N. The molecule has 0 spiro atoms. The van der Waals surface area contributed by atoms with Crippen LogP contribution in [0.4, 0.5) is 0 Å². The lowest BCUT2D eigenvalue weighted by Crippen LogP contribution is -2.33. The predicted molar refractivity (Wildman–Crippen MR) is 58.1 cm³/mol. The number of nitrogens with two attached hydrogens (primary N) is 1. The Hall–Kier alpha value is -1.36. The van der Waals surface area contributed by atoms with E-state index >= 15 is 0 Å². The fourth-order valence-corrected chi connectivity index (χ4v) is 1.39. The molecule has 0 radical (unpaired) electrons. The number of nitrogens with zero attached hydrogens (tertiary/aromatic N) is 2. The van der Waals surface area contributed by atoms with E-state index in [4.69, 9.17) is 5.73 Å². The first-order valence-corrected chi connectivity index (χ1v) is 4.95. The summed E-state index contributed by atoms with van der Waals surface area (Å²) >= 11 is 0. The Labute approximate surface area is 89.7 Å². The molecule has 5 nitrogen and oxygen atoms in total. The largest absolute Gasteiger partial charge is 0.355 e. The summed E-state index contributed by atoms with van der Waals surface area (Å²) in [6.07, 6.45) is 3.49. The lowest BCUT2D eigenvalue weighted by molar-refractivity contribution is -0.118. The molecule has 3 N–H and O–H groups in total. The van der Waals surface area contributed by atoms with Gasteiger partial charge in [-0.3, -0.25) is 4.79 Å². The molecule has 15 heavy (non-hydrogen) atoms. The van der Waals surface area contributed by atoms with Gasteiger partial charge in [-0.05, 0) is 13.8 Å². The van der Waals surface area contributed by atoms with Crippen LogP contribution in [0.15, 0.2) is 12.5 Å². The van der Waals surface area contributed by atoms with Crippen molar-refractivity contribution in [1.82, 2.24) is 14.9 Å². The molecule has 0 unspecified atom stereocenters. The summed E-state index contributed by atoms with van der Waals surface area (Å²) in [6, 6.07) is 0. The Morgan fingerprint density at radius 2 is 2.33 bits per heavy atom. The van der Waals surface area contributed by atoms with Crippen LogP contribution in [0, 0.1) is 0 Å². The quantitative estimate of drug-likeness (QED) is 0.746. The van der Waals surface area contributed by atoms with Crippen LogP contribution in [0.5, 0.6) is 0 Å². The molecule has 1 heterocycles. The van der Waals surface area contributed by atoms with Crippen molar-refractivity contribution in [1.29, 1.82) is 0 Å². The highest BCUT2D eigenvalue weighted by molar-refractivity contribution is 5.72. The fraction of sp³-hybridized carbons (Fsp3) is 0.600. The highest BCUT2D eigenvalue weighted by Crippen LogP contribution is 2.15. The Kier molecular flexibility index (Phi) is 3.47. The number of hydrogen-bond acceptors (Lipinski definition) is 3. The van der Waals surface area contributed by atoms with Gasteiger partial charge in [-0.2, -0.15) is 0 Å². The molecule has 0 aromatic carbocycles. The van der Waals surface area contributed by atoms with Gasteiger partial charge in [0, 0.05) is 26.2 Å². The minimum atomic E-state index is -0.410. The van der Waals surface area contributed by atoms with Gasteiger partial charge in [0.15, 0.2) is 0 Å². The molecule has 0 bridgehead atoms. The molecule has 0 saturated carbocycles. The first-order valence-electron chi connectivity index (χ1n) is 4.95. The number of aromatic nitrogens is 2. The minimum absolute atomic E-state index is 0.0244. The zero-order valence-corrected chi connectivity index (χ0v) is 9.45. The lowest BCUT2D eigenvalue weighted by atomic mass is 10.0. The van der Waals surface area contributed by atoms with Crippen LogP contribution >= 0.6 is 0 Å². The molecule has 1 amide bonds. The molecule has 1 aromatic heterocycles. The number of rotatable bonds is 4. The summed E-state index contributed by atoms with van der Waals surface area (Å²) in [5.74, 6) is -0.0244. The third-order valence-electron chi connectivity index (χ3n) is 2.10. The van der Waals surface area contributed by atoms with Gasteiger partial charge in [-0.25, -0.2) is 4.98 Å². The molecule has 0 aliphatic rings. The third kappa shape index (κ3) is 3.36. The van der Waals surface area contributed by atoms with E-state index in [0.29, 0.717) is 13.1 Å². The zero-order chi connectivity index (χ0) is 11.5. The van der Waals surface area contributed by atoms with E-state index in [9.17, 15) is 4.79 Å². The Bertz CT molecular complexity index is 337. The highest BCUT2D eigenvalue weighted by Gasteiger charge is 2.18. The van der Waals surface area contributed by atoms with Gasteiger partial charge in [0.2, 0.25) is 5.91 Å². The Morgan fingerprint density at radius 3 is 2.87 bits per heavy atom. The maximum Gasteiger partial charge on any atom is 0.216 e. The highest BCUT2D eigenvalue weighted by atomic mass is 16.1. The van der Waals surface area contributed by atoms with E-state index in [1.165, 1.54) is 6.92 Å². The van der Waals surface area contributed by atoms with E-state index in [2.05, 4.69) is 10.3 Å². The summed E-state index contributed by atoms with van der Waals surface area (Å²) in [5.41, 5.74) is 6.54. The molecular formula is C10H18N4O. The second kappa shape index (κ2) is 4.44. The van der Waals surface area contributed by atoms with Crippen LogP contribution in [0.3, 0.4) is 0 Å². The summed E-state index contributed by atoms with van der Waals surface area (Å²) < 4.78 is 1.95. The van der Waals surface area contributed by atoms with Crippen LogP contribution in [0.2, 0.25) is 0 Å². The Balaban J connectivity index is 2.62. The van der Waals surface area contributed by atoms with Crippen molar-refractivity contribution < 1.29 is 4.79 Å². The van der Waals surface area contributed by atoms with Crippen LogP contribution in [-0.4, -0.2) is 22.0 Å². The van der Waals surface area contributed by atoms with Crippen molar-refractivity contribution in [3.63, 3.8) is 0 Å². The van der Waals surface area contributed by atoms with E-state index < -0.39 is 5.54 Å². The fourth-order valence-electron chi connectivity index (χ4n) is 1.39. The number of nitrogens with one attached hydrogen (secondary N) is 1. The second-order valence-electron chi connectivity index (χ2n) is 4.18. The second-order valence-corrected chi connectivity index (χ2v) is 4.18. The van der Waals surface area contributed by atoms with Gasteiger partial charge in [-0.1, -0.05) is 0 Å². The molecule has 0 aliphatic heterocycles. The van der Waals surface area contributed by atoms with Crippen molar-refractivity contribution in [2.24, 2.45) is 5.73 Å². The number of carbonyl (C=O) groups is 1. The Morgan fingerprint density at radius 1 is 1.67 bits per heavy atom. The van der Waals surface area contributed by atoms with Crippen LogP contribution in [0.1, 0.15) is 26.5 Å². The van der Waals surface area contributed by atoms with Gasteiger partial charge in [0.05, 0.1) is 17.6 Å². The topological polar surface area (TPSA) is 72.9 Å². The molecule has 0 aliphatic carbocycles. The van der Waals surface area contributed by atoms with Gasteiger partial charge < -0.3 is 15.6 Å². The average molecular weight is 210 g/mol. The summed E-state index contributed by atoms with van der Waals surface area (Å²) in [4.78, 5) is 14.7. The van der Waals surface area contributed by atoms with Gasteiger partial charge in [0.1, 0.15) is 0 Å². The average Bonchev–Trinajstić information content (AvgIpc) is 2.50. The van der Waals surface area contributed by atoms with Crippen LogP contribution in [0.25, 0.3) is 0 Å². The van der Waals surface area contributed by atoms with Gasteiger partial charge >= 0.3 is 0 Å². The van der Waals surface area contributed by atoms with Crippen molar-refractivity contribution >= 4 is 5.91 Å². The van der Waals surface area contributed by atoms with Crippen molar-refractivity contribution in [2.75, 3.05) is 6.54 Å². The summed E-state index contributed by atoms with van der Waals surface area (Å²) in [7, 11) is 0. The predicted octanol–water partition coefficient (Wildman–Crippen LogP) is 0.213. The first kappa shape index (κ1) is 11.7. The summed E-state index contributed by atoms with van der Waals surface area (Å²) in [5, 5.41) is 2.73. The van der Waals surface area contributed by atoms with E-state index in [1.807, 2.05) is 18.4 Å². The van der Waals surface area contributed by atoms with E-state index in [0.717, 1.165) is 5.69 Å². The van der Waals surface area contributed by atoms with Crippen molar-refractivity contribution in [3.8, 4) is 0 Å². The molecule has 1 aromatic rings. The standard InChI is InChI=1S/C10H18N4O/c1-8(15)13-4-5-14-7-12-6-9(14)10(2,3)11/h6-7H,4-5,11H2,1-3H3,(H,13,15). The molecule has 0 saturated heterocycles. The molecule has 5 heteroatoms. The maximum absolute atomic E-state index is 10.7. The first-order chi connectivity index (χ1) is 6.91. The number of imidazole rings is 1. The molecule has 1 rings (SSSR count). The maximum atomic E-state index is 10.7. The van der Waals surface area contributed by atoms with Crippen LogP contribution in [-0.2, 0) is 16.9 Å². The van der Waals surface area contributed by atoms with Crippen LogP contribution < -0.4 is 11.1 Å². The third-order valence-corrected chi connectivity index (χ3v) is 2.10. The lowest BCUT2D eigenvalue weighted by Gasteiger charge is -2.20. The van der Waals surface area contributed by atoms with Gasteiger partial charge in [-0.15, -0.1) is 0 Å². The smallest absolute Gasteiger partial charge is 0.216 e. The number of hydrogen-bond donors (Lipinski definition) is 2. The summed E-state index contributed by atoms with van der Waals surface area (Å²) in [6.45, 7) is 6.64. The molecule has 0 atom stereocenters. The van der Waals surface area contributed by atoms with Crippen molar-refractivity contribution in [3.05, 3.63) is 18.2 Å². The van der Waals surface area contributed by atoms with E-state index in [1.54, 1.807) is 12.5 Å². The van der Waals surface area contributed by atoms with E-state index in [-0.39, 0.29) is 5.91 Å².